The maximum atomic E-state index is 11.8. The summed E-state index contributed by atoms with van der Waals surface area (Å²) in [5.74, 6) is 0.423. The highest BCUT2D eigenvalue weighted by Gasteiger charge is 2.20. The van der Waals surface area contributed by atoms with Crippen LogP contribution in [-0.4, -0.2) is 35.2 Å². The van der Waals surface area contributed by atoms with Crippen LogP contribution in [0.1, 0.15) is 17.3 Å². The fraction of sp³-hybridized carbons (Fsp3) is 0.417. The lowest BCUT2D eigenvalue weighted by Gasteiger charge is -2.22. The van der Waals surface area contributed by atoms with Gasteiger partial charge in [-0.3, -0.25) is 4.79 Å². The minimum absolute atomic E-state index is 0.168. The molecule has 0 saturated heterocycles. The van der Waals surface area contributed by atoms with E-state index in [0.29, 0.717) is 11.3 Å². The van der Waals surface area contributed by atoms with E-state index in [9.17, 15) is 9.90 Å². The van der Waals surface area contributed by atoms with Crippen LogP contribution in [0, 0.1) is 0 Å². The number of hydrogen-bond acceptors (Lipinski definition) is 3. The van der Waals surface area contributed by atoms with Crippen molar-refractivity contribution >= 4 is 33.6 Å². The Balaban J connectivity index is 2.53. The van der Waals surface area contributed by atoms with Gasteiger partial charge in [0.1, 0.15) is 0 Å². The number of amides is 1. The Morgan fingerprint density at radius 2 is 2.06 bits per heavy atom. The molecule has 2 N–H and O–H groups in total. The van der Waals surface area contributed by atoms with E-state index in [2.05, 4.69) is 21.2 Å². The lowest BCUT2D eigenvalue weighted by molar-refractivity contribution is 0.0725. The number of aliphatic hydroxyl groups is 1. The van der Waals surface area contributed by atoms with Crippen LogP contribution in [0.3, 0.4) is 0 Å². The minimum atomic E-state index is -0.871. The molecule has 0 radical (unpaired) electrons. The molecule has 1 atom stereocenters. The van der Waals surface area contributed by atoms with Crippen molar-refractivity contribution in [2.24, 2.45) is 0 Å². The van der Waals surface area contributed by atoms with Crippen LogP contribution >= 0.6 is 27.7 Å². The Bertz CT molecular complexity index is 379. The first kappa shape index (κ1) is 14.5. The van der Waals surface area contributed by atoms with Gasteiger partial charge in [-0.1, -0.05) is 15.9 Å². The van der Waals surface area contributed by atoms with Crippen molar-refractivity contribution in [1.82, 2.24) is 5.32 Å². The predicted octanol–water partition coefficient (Wildman–Crippen LogP) is 2.29. The van der Waals surface area contributed by atoms with Crippen LogP contribution in [0.4, 0.5) is 0 Å². The monoisotopic (exact) mass is 317 g/mol. The Kier molecular flexibility index (Phi) is 5.49. The van der Waals surface area contributed by atoms with E-state index in [1.54, 1.807) is 30.8 Å². The summed E-state index contributed by atoms with van der Waals surface area (Å²) < 4.78 is 0.934. The molecule has 5 heteroatoms. The number of halogens is 1. The molecular weight excluding hydrogens is 302 g/mol. The normalized spacial score (nSPS) is 14.1. The van der Waals surface area contributed by atoms with E-state index in [1.165, 1.54) is 0 Å². The van der Waals surface area contributed by atoms with Crippen LogP contribution in [0.15, 0.2) is 28.7 Å². The molecule has 1 aromatic carbocycles. The van der Waals surface area contributed by atoms with E-state index in [0.717, 1.165) is 4.47 Å². The van der Waals surface area contributed by atoms with Gasteiger partial charge in [-0.05, 0) is 37.4 Å². The van der Waals surface area contributed by atoms with Gasteiger partial charge < -0.3 is 10.4 Å². The Morgan fingerprint density at radius 3 is 2.59 bits per heavy atom. The number of thioether (sulfide) groups is 1. The maximum absolute atomic E-state index is 11.8. The average Bonchev–Trinajstić information content (AvgIpc) is 2.27. The topological polar surface area (TPSA) is 49.3 Å². The standard InChI is InChI=1S/C12H16BrNO2S/c1-12(16,8-17-2)7-14-11(15)9-3-5-10(13)6-4-9/h3-6,16H,7-8H2,1-2H3,(H,14,15). The van der Waals surface area contributed by atoms with Gasteiger partial charge >= 0.3 is 0 Å². The number of carbonyl (C=O) groups is 1. The zero-order valence-electron chi connectivity index (χ0n) is 9.87. The second kappa shape index (κ2) is 6.42. The van der Waals surface area contributed by atoms with E-state index in [-0.39, 0.29) is 12.5 Å². The second-order valence-electron chi connectivity index (χ2n) is 4.12. The molecule has 0 saturated carbocycles. The number of benzene rings is 1. The zero-order chi connectivity index (χ0) is 12.9. The van der Waals surface area contributed by atoms with E-state index >= 15 is 0 Å². The highest BCUT2D eigenvalue weighted by Crippen LogP contribution is 2.12. The summed E-state index contributed by atoms with van der Waals surface area (Å²) in [5, 5.41) is 12.6. The van der Waals surface area contributed by atoms with Gasteiger partial charge in [0.2, 0.25) is 0 Å². The Hall–Kier alpha value is -0.520. The van der Waals surface area contributed by atoms with Gasteiger partial charge in [-0.25, -0.2) is 0 Å². The molecule has 0 aromatic heterocycles. The predicted molar refractivity (Wildman–Crippen MR) is 75.5 cm³/mol. The molecule has 0 aliphatic heterocycles. The van der Waals surface area contributed by atoms with Crippen LogP contribution in [0.5, 0.6) is 0 Å². The molecule has 1 rings (SSSR count). The maximum Gasteiger partial charge on any atom is 0.251 e. The summed E-state index contributed by atoms with van der Waals surface area (Å²) >= 11 is 4.86. The lowest BCUT2D eigenvalue weighted by atomic mass is 10.1. The molecule has 0 aliphatic carbocycles. The van der Waals surface area contributed by atoms with Crippen molar-refractivity contribution in [1.29, 1.82) is 0 Å². The highest BCUT2D eigenvalue weighted by molar-refractivity contribution is 9.10. The molecule has 94 valence electrons. The first-order chi connectivity index (χ1) is 7.94. The SMILES string of the molecule is CSCC(C)(O)CNC(=O)c1ccc(Br)cc1. The number of carbonyl (C=O) groups excluding carboxylic acids is 1. The van der Waals surface area contributed by atoms with Crippen LogP contribution in [0.2, 0.25) is 0 Å². The Morgan fingerprint density at radius 1 is 1.47 bits per heavy atom. The molecule has 0 heterocycles. The molecule has 0 aliphatic rings. The number of rotatable bonds is 5. The quantitative estimate of drug-likeness (QED) is 0.876. The summed E-state index contributed by atoms with van der Waals surface area (Å²) in [6.45, 7) is 1.97. The van der Waals surface area contributed by atoms with Gasteiger partial charge in [0, 0.05) is 22.3 Å². The van der Waals surface area contributed by atoms with Gasteiger partial charge in [-0.2, -0.15) is 11.8 Å². The van der Waals surface area contributed by atoms with E-state index in [4.69, 9.17) is 0 Å². The van der Waals surface area contributed by atoms with Crippen LogP contribution in [-0.2, 0) is 0 Å². The van der Waals surface area contributed by atoms with Crippen LogP contribution in [0.25, 0.3) is 0 Å². The van der Waals surface area contributed by atoms with E-state index in [1.807, 2.05) is 18.4 Å². The second-order valence-corrected chi connectivity index (χ2v) is 5.90. The van der Waals surface area contributed by atoms with Crippen molar-refractivity contribution in [3.05, 3.63) is 34.3 Å². The molecule has 0 spiro atoms. The molecule has 1 amide bonds. The third-order valence-electron chi connectivity index (χ3n) is 2.19. The van der Waals surface area contributed by atoms with E-state index < -0.39 is 5.60 Å². The third kappa shape index (κ3) is 5.10. The molecule has 1 aromatic rings. The summed E-state index contributed by atoms with van der Waals surface area (Å²) in [6, 6.07) is 7.11. The largest absolute Gasteiger partial charge is 0.387 e. The first-order valence-corrected chi connectivity index (χ1v) is 7.38. The lowest BCUT2D eigenvalue weighted by Crippen LogP contribution is -2.42. The summed E-state index contributed by atoms with van der Waals surface area (Å²) in [7, 11) is 0. The van der Waals surface area contributed by atoms with Crippen molar-refractivity contribution in [3.63, 3.8) is 0 Å². The molecule has 3 nitrogen and oxygen atoms in total. The van der Waals surface area contributed by atoms with Gasteiger partial charge in [0.15, 0.2) is 0 Å². The van der Waals surface area contributed by atoms with Gasteiger partial charge in [-0.15, -0.1) is 0 Å². The number of nitrogens with one attached hydrogen (secondary N) is 1. The van der Waals surface area contributed by atoms with Gasteiger partial charge in [0.25, 0.3) is 5.91 Å². The van der Waals surface area contributed by atoms with Crippen molar-refractivity contribution < 1.29 is 9.90 Å². The van der Waals surface area contributed by atoms with Crippen molar-refractivity contribution in [3.8, 4) is 0 Å². The highest BCUT2D eigenvalue weighted by atomic mass is 79.9. The summed E-state index contributed by atoms with van der Waals surface area (Å²) in [5.41, 5.74) is -0.280. The molecule has 17 heavy (non-hydrogen) atoms. The molecule has 0 fully saturated rings. The Labute approximate surface area is 114 Å². The molecular formula is C12H16BrNO2S. The fourth-order valence-corrected chi connectivity index (χ4v) is 2.32. The average molecular weight is 318 g/mol. The fourth-order valence-electron chi connectivity index (χ4n) is 1.34. The van der Waals surface area contributed by atoms with Gasteiger partial charge in [0.05, 0.1) is 5.60 Å². The van der Waals surface area contributed by atoms with Crippen molar-refractivity contribution in [2.75, 3.05) is 18.6 Å². The summed E-state index contributed by atoms with van der Waals surface area (Å²) in [6.07, 6.45) is 1.92. The minimum Gasteiger partial charge on any atom is -0.387 e. The van der Waals surface area contributed by atoms with Crippen molar-refractivity contribution in [2.45, 2.75) is 12.5 Å². The number of hydrogen-bond donors (Lipinski definition) is 2. The zero-order valence-corrected chi connectivity index (χ0v) is 12.3. The first-order valence-electron chi connectivity index (χ1n) is 5.20. The third-order valence-corrected chi connectivity index (χ3v) is 3.63. The summed E-state index contributed by atoms with van der Waals surface area (Å²) in [4.78, 5) is 11.8. The molecule has 0 bridgehead atoms. The van der Waals surface area contributed by atoms with Crippen LogP contribution < -0.4 is 5.32 Å². The molecule has 1 unspecified atom stereocenters. The smallest absolute Gasteiger partial charge is 0.251 e.